The minimum Gasteiger partial charge on any atom is -0.317 e. The van der Waals surface area contributed by atoms with Gasteiger partial charge in [0, 0.05) is 30.6 Å². The Kier molecular flexibility index (Phi) is 4.15. The maximum atomic E-state index is 12.5. The van der Waals surface area contributed by atoms with Gasteiger partial charge in [0.1, 0.15) is 6.04 Å². The summed E-state index contributed by atoms with van der Waals surface area (Å²) in [7, 11) is 1.78. The van der Waals surface area contributed by atoms with E-state index in [9.17, 15) is 9.59 Å². The Morgan fingerprint density at radius 1 is 1.27 bits per heavy atom. The molecule has 0 bridgehead atoms. The van der Waals surface area contributed by atoms with Gasteiger partial charge < -0.3 is 10.2 Å². The molecule has 0 saturated carbocycles. The fraction of sp³-hybridized carbons (Fsp3) is 0.267. The number of amides is 2. The zero-order chi connectivity index (χ0) is 15.5. The van der Waals surface area contributed by atoms with E-state index in [1.807, 2.05) is 18.2 Å². The normalized spacial score (nSPS) is 17.5. The summed E-state index contributed by atoms with van der Waals surface area (Å²) in [5.74, 6) is 1.29. The molecule has 0 spiro atoms. The van der Waals surface area contributed by atoms with Crippen molar-refractivity contribution >= 4 is 29.4 Å². The SMILES string of the molecule is Cn1ccc(NC(=O)[C@@H]2CSCN2C(=O)c2ccccc2)n1. The summed E-state index contributed by atoms with van der Waals surface area (Å²) in [6.45, 7) is 0. The van der Waals surface area contributed by atoms with Crippen molar-refractivity contribution in [3.63, 3.8) is 0 Å². The number of anilines is 1. The van der Waals surface area contributed by atoms with E-state index >= 15 is 0 Å². The molecule has 2 amide bonds. The molecule has 1 aliphatic rings. The zero-order valence-corrected chi connectivity index (χ0v) is 12.9. The number of aromatic nitrogens is 2. The summed E-state index contributed by atoms with van der Waals surface area (Å²) < 4.78 is 1.62. The predicted molar refractivity (Wildman–Crippen MR) is 85.6 cm³/mol. The van der Waals surface area contributed by atoms with Gasteiger partial charge in [-0.15, -0.1) is 11.8 Å². The van der Waals surface area contributed by atoms with Crippen LogP contribution in [-0.4, -0.2) is 44.2 Å². The van der Waals surface area contributed by atoms with E-state index in [2.05, 4.69) is 10.4 Å². The minimum absolute atomic E-state index is 0.119. The molecular formula is C15H16N4O2S. The second kappa shape index (κ2) is 6.23. The molecular weight excluding hydrogens is 300 g/mol. The Morgan fingerprint density at radius 2 is 2.05 bits per heavy atom. The summed E-state index contributed by atoms with van der Waals surface area (Å²) >= 11 is 1.58. The Morgan fingerprint density at radius 3 is 2.73 bits per heavy atom. The number of nitrogens with one attached hydrogen (secondary N) is 1. The Labute approximate surface area is 132 Å². The van der Waals surface area contributed by atoms with Gasteiger partial charge in [-0.05, 0) is 12.1 Å². The predicted octanol–water partition coefficient (Wildman–Crippen LogP) is 1.57. The van der Waals surface area contributed by atoms with Crippen molar-refractivity contribution in [1.82, 2.24) is 14.7 Å². The molecule has 1 aromatic heterocycles. The summed E-state index contributed by atoms with van der Waals surface area (Å²) in [5, 5.41) is 6.89. The fourth-order valence-corrected chi connectivity index (χ4v) is 3.45. The molecule has 1 saturated heterocycles. The summed E-state index contributed by atoms with van der Waals surface area (Å²) in [4.78, 5) is 26.5. The summed E-state index contributed by atoms with van der Waals surface area (Å²) in [5.41, 5.74) is 0.598. The lowest BCUT2D eigenvalue weighted by atomic mass is 10.1. The van der Waals surface area contributed by atoms with E-state index in [0.717, 1.165) is 0 Å². The fourth-order valence-electron chi connectivity index (χ4n) is 2.30. The van der Waals surface area contributed by atoms with Crippen LogP contribution in [0.2, 0.25) is 0 Å². The molecule has 114 valence electrons. The first-order chi connectivity index (χ1) is 10.6. The topological polar surface area (TPSA) is 67.2 Å². The van der Waals surface area contributed by atoms with Gasteiger partial charge in [-0.2, -0.15) is 5.10 Å². The molecule has 22 heavy (non-hydrogen) atoms. The first-order valence-corrected chi connectivity index (χ1v) is 8.05. The van der Waals surface area contributed by atoms with Crippen molar-refractivity contribution in [2.45, 2.75) is 6.04 Å². The first-order valence-electron chi connectivity index (χ1n) is 6.89. The van der Waals surface area contributed by atoms with Crippen LogP contribution in [0.3, 0.4) is 0 Å². The van der Waals surface area contributed by atoms with Crippen molar-refractivity contribution in [3.8, 4) is 0 Å². The molecule has 2 heterocycles. The highest BCUT2D eigenvalue weighted by Gasteiger charge is 2.35. The molecule has 1 N–H and O–H groups in total. The number of rotatable bonds is 3. The molecule has 0 aliphatic carbocycles. The number of thioether (sulfide) groups is 1. The van der Waals surface area contributed by atoms with E-state index < -0.39 is 6.04 Å². The van der Waals surface area contributed by atoms with Gasteiger partial charge in [-0.1, -0.05) is 18.2 Å². The van der Waals surface area contributed by atoms with E-state index in [0.29, 0.717) is 23.0 Å². The van der Waals surface area contributed by atoms with Crippen molar-refractivity contribution in [2.24, 2.45) is 7.05 Å². The van der Waals surface area contributed by atoms with E-state index in [-0.39, 0.29) is 11.8 Å². The lowest BCUT2D eigenvalue weighted by molar-refractivity contribution is -0.119. The molecule has 6 nitrogen and oxygen atoms in total. The first kappa shape index (κ1) is 14.6. The molecule has 2 aromatic rings. The third kappa shape index (κ3) is 2.99. The smallest absolute Gasteiger partial charge is 0.255 e. The van der Waals surface area contributed by atoms with E-state index in [4.69, 9.17) is 0 Å². The lowest BCUT2D eigenvalue weighted by Gasteiger charge is -2.22. The van der Waals surface area contributed by atoms with Crippen LogP contribution in [0.5, 0.6) is 0 Å². The molecule has 7 heteroatoms. The molecule has 3 rings (SSSR count). The minimum atomic E-state index is -0.472. The number of carbonyl (C=O) groups excluding carboxylic acids is 2. The molecule has 1 atom stereocenters. The van der Waals surface area contributed by atoms with E-state index in [1.54, 1.807) is 52.8 Å². The van der Waals surface area contributed by atoms with Crippen LogP contribution in [-0.2, 0) is 11.8 Å². The number of hydrogen-bond acceptors (Lipinski definition) is 4. The second-order valence-corrected chi connectivity index (χ2v) is 6.02. The van der Waals surface area contributed by atoms with Crippen molar-refractivity contribution in [3.05, 3.63) is 48.2 Å². The van der Waals surface area contributed by atoms with Gasteiger partial charge in [0.2, 0.25) is 5.91 Å². The van der Waals surface area contributed by atoms with Gasteiger partial charge in [-0.25, -0.2) is 0 Å². The van der Waals surface area contributed by atoms with Gasteiger partial charge in [-0.3, -0.25) is 14.3 Å². The highest BCUT2D eigenvalue weighted by molar-refractivity contribution is 7.99. The van der Waals surface area contributed by atoms with Gasteiger partial charge in [0.05, 0.1) is 5.88 Å². The molecule has 0 unspecified atom stereocenters. The third-order valence-corrected chi connectivity index (χ3v) is 4.44. The van der Waals surface area contributed by atoms with Crippen molar-refractivity contribution < 1.29 is 9.59 Å². The Bertz CT molecular complexity index is 686. The zero-order valence-electron chi connectivity index (χ0n) is 12.1. The summed E-state index contributed by atoms with van der Waals surface area (Å²) in [6, 6.07) is 10.3. The van der Waals surface area contributed by atoms with E-state index in [1.165, 1.54) is 0 Å². The molecule has 1 fully saturated rings. The van der Waals surface area contributed by atoms with Crippen LogP contribution in [0.1, 0.15) is 10.4 Å². The van der Waals surface area contributed by atoms with Crippen molar-refractivity contribution in [2.75, 3.05) is 16.9 Å². The molecule has 0 radical (unpaired) electrons. The van der Waals surface area contributed by atoms with Crippen LogP contribution in [0.15, 0.2) is 42.6 Å². The van der Waals surface area contributed by atoms with Gasteiger partial charge in [0.25, 0.3) is 5.91 Å². The van der Waals surface area contributed by atoms with Crippen molar-refractivity contribution in [1.29, 1.82) is 0 Å². The standard InChI is InChI=1S/C15H16N4O2S/c1-18-8-7-13(17-18)16-14(20)12-9-22-10-19(12)15(21)11-5-3-2-4-6-11/h2-8,12H,9-10H2,1H3,(H,16,17,20)/t12-/m0/s1. The average molecular weight is 316 g/mol. The van der Waals surface area contributed by atoms with Crippen LogP contribution in [0.25, 0.3) is 0 Å². The highest BCUT2D eigenvalue weighted by Crippen LogP contribution is 2.24. The Hall–Kier alpha value is -2.28. The summed E-state index contributed by atoms with van der Waals surface area (Å²) in [6.07, 6.45) is 1.76. The highest BCUT2D eigenvalue weighted by atomic mass is 32.2. The Balaban J connectivity index is 1.72. The average Bonchev–Trinajstić information content (AvgIpc) is 3.16. The van der Waals surface area contributed by atoms with Crippen LogP contribution in [0.4, 0.5) is 5.82 Å². The maximum Gasteiger partial charge on any atom is 0.255 e. The molecule has 1 aliphatic heterocycles. The second-order valence-electron chi connectivity index (χ2n) is 5.02. The van der Waals surface area contributed by atoms with Crippen LogP contribution < -0.4 is 5.32 Å². The lowest BCUT2D eigenvalue weighted by Crippen LogP contribution is -2.44. The van der Waals surface area contributed by atoms with Crippen LogP contribution in [0, 0.1) is 0 Å². The number of nitrogens with zero attached hydrogens (tertiary/aromatic N) is 3. The van der Waals surface area contributed by atoms with Gasteiger partial charge >= 0.3 is 0 Å². The number of hydrogen-bond donors (Lipinski definition) is 1. The molecule has 1 aromatic carbocycles. The van der Waals surface area contributed by atoms with Gasteiger partial charge in [0.15, 0.2) is 5.82 Å². The quantitative estimate of drug-likeness (QED) is 0.933. The maximum absolute atomic E-state index is 12.5. The number of benzene rings is 1. The third-order valence-electron chi connectivity index (χ3n) is 3.43. The van der Waals surface area contributed by atoms with Crippen LogP contribution >= 0.6 is 11.8 Å². The number of carbonyl (C=O) groups is 2. The monoisotopic (exact) mass is 316 g/mol. The number of aryl methyl sites for hydroxylation is 1. The largest absolute Gasteiger partial charge is 0.317 e.